The second-order valence-corrected chi connectivity index (χ2v) is 11.2. The van der Waals surface area contributed by atoms with Crippen LogP contribution in [0.1, 0.15) is 69.4 Å². The summed E-state index contributed by atoms with van der Waals surface area (Å²) in [6, 6.07) is 12.0. The predicted octanol–water partition coefficient (Wildman–Crippen LogP) is 2.49. The standard InChI is InChI=1S/C32H30N2O3/c35-32(36)22-10-2-1-9-21(22)27-25-17-19-7-3-13-33-15-5-11-23(28(19)33)30(25)37-31-24-12-6-16-34-14-4-8-20(29(24)34)18-26(27)31/h1-2,9-10,17-18H,3-8,11-16H2. The monoisotopic (exact) mass is 490 g/mol. The maximum Gasteiger partial charge on any atom is 0.210 e. The number of aromatic carboxylic acids is 1. The van der Waals surface area contributed by atoms with Crippen LogP contribution in [0.25, 0.3) is 5.57 Å². The Kier molecular flexibility index (Phi) is 4.61. The van der Waals surface area contributed by atoms with Gasteiger partial charge in [-0.2, -0.15) is 0 Å². The lowest BCUT2D eigenvalue weighted by atomic mass is 9.82. The van der Waals surface area contributed by atoms with Crippen LogP contribution in [0.2, 0.25) is 0 Å². The summed E-state index contributed by atoms with van der Waals surface area (Å²) in [6.45, 7) is 4.42. The van der Waals surface area contributed by atoms with E-state index in [2.05, 4.69) is 21.6 Å². The molecule has 3 aromatic carbocycles. The minimum Gasteiger partial charge on any atom is -0.545 e. The van der Waals surface area contributed by atoms with Gasteiger partial charge in [0.25, 0.3) is 0 Å². The third kappa shape index (κ3) is 3.03. The highest BCUT2D eigenvalue weighted by molar-refractivity contribution is 5.98. The number of nitrogens with zero attached hydrogens (tertiary/aromatic N) is 2. The summed E-state index contributed by atoms with van der Waals surface area (Å²) in [7, 11) is 0. The van der Waals surface area contributed by atoms with Gasteiger partial charge in [0, 0.05) is 64.7 Å². The molecule has 0 amide bonds. The van der Waals surface area contributed by atoms with E-state index in [9.17, 15) is 9.90 Å². The lowest BCUT2D eigenvalue weighted by Crippen LogP contribution is -2.45. The number of hydrogen-bond acceptors (Lipinski definition) is 4. The molecule has 0 saturated heterocycles. The Bertz CT molecular complexity index is 1650. The summed E-state index contributed by atoms with van der Waals surface area (Å²) in [6.07, 6.45) is 8.65. The fraction of sp³-hybridized carbons (Fsp3) is 0.375. The van der Waals surface area contributed by atoms with Gasteiger partial charge in [0.2, 0.25) is 5.36 Å². The average Bonchev–Trinajstić information content (AvgIpc) is 2.93. The van der Waals surface area contributed by atoms with E-state index in [4.69, 9.17) is 4.74 Å². The molecular weight excluding hydrogens is 460 g/mol. The van der Waals surface area contributed by atoms with Crippen LogP contribution in [-0.4, -0.2) is 32.1 Å². The number of carboxylic acids is 1. The lowest BCUT2D eigenvalue weighted by molar-refractivity contribution is -0.255. The first-order valence-corrected chi connectivity index (χ1v) is 13.9. The zero-order chi connectivity index (χ0) is 24.7. The van der Waals surface area contributed by atoms with Crippen molar-refractivity contribution in [1.29, 1.82) is 0 Å². The number of carbonyl (C=O) groups excluding carboxylic acids is 1. The first-order valence-electron chi connectivity index (χ1n) is 13.9. The zero-order valence-corrected chi connectivity index (χ0v) is 21.1. The molecule has 0 bridgehead atoms. The van der Waals surface area contributed by atoms with E-state index in [1.165, 1.54) is 33.3 Å². The van der Waals surface area contributed by atoms with Gasteiger partial charge in [-0.3, -0.25) is 0 Å². The molecular formula is C32H30N2O3. The summed E-state index contributed by atoms with van der Waals surface area (Å²) in [4.78, 5) is 14.9. The van der Waals surface area contributed by atoms with Crippen LogP contribution in [0.5, 0.6) is 11.5 Å². The van der Waals surface area contributed by atoms with Crippen LogP contribution in [-0.2, 0) is 25.7 Å². The number of fused-ring (bicyclic) bond motifs is 4. The maximum atomic E-state index is 12.3. The highest BCUT2D eigenvalue weighted by Gasteiger charge is 2.35. The number of carboxylic acid groups (broad SMARTS) is 1. The average molecular weight is 491 g/mol. The molecule has 186 valence electrons. The van der Waals surface area contributed by atoms with Crippen molar-refractivity contribution in [1.82, 2.24) is 4.58 Å². The van der Waals surface area contributed by atoms with E-state index in [-0.39, 0.29) is 5.56 Å². The van der Waals surface area contributed by atoms with E-state index in [0.29, 0.717) is 0 Å². The van der Waals surface area contributed by atoms with Crippen LogP contribution in [0, 0.1) is 0 Å². The van der Waals surface area contributed by atoms with Gasteiger partial charge in [-0.25, -0.2) is 4.58 Å². The summed E-state index contributed by atoms with van der Waals surface area (Å²) in [5, 5.41) is 14.8. The molecule has 5 nitrogen and oxygen atoms in total. The van der Waals surface area contributed by atoms with Gasteiger partial charge in [-0.1, -0.05) is 24.3 Å². The molecule has 0 radical (unpaired) electrons. The summed E-state index contributed by atoms with van der Waals surface area (Å²) < 4.78 is 9.58. The van der Waals surface area contributed by atoms with Gasteiger partial charge in [-0.05, 0) is 61.8 Å². The molecule has 0 unspecified atom stereocenters. The van der Waals surface area contributed by atoms with Crippen molar-refractivity contribution in [2.75, 3.05) is 31.1 Å². The van der Waals surface area contributed by atoms with Crippen molar-refractivity contribution in [3.05, 3.63) is 85.9 Å². The minimum atomic E-state index is -1.13. The molecule has 0 atom stereocenters. The van der Waals surface area contributed by atoms with E-state index >= 15 is 0 Å². The molecule has 0 N–H and O–H groups in total. The van der Waals surface area contributed by atoms with Gasteiger partial charge >= 0.3 is 0 Å². The fourth-order valence-electron chi connectivity index (χ4n) is 7.68. The quantitative estimate of drug-likeness (QED) is 0.405. The second-order valence-electron chi connectivity index (χ2n) is 11.2. The molecule has 5 aliphatic heterocycles. The number of anilines is 1. The predicted molar refractivity (Wildman–Crippen MR) is 141 cm³/mol. The first kappa shape index (κ1) is 21.5. The van der Waals surface area contributed by atoms with E-state index in [1.54, 1.807) is 12.1 Å². The van der Waals surface area contributed by atoms with Gasteiger partial charge < -0.3 is 19.5 Å². The van der Waals surface area contributed by atoms with E-state index in [0.717, 1.165) is 111 Å². The van der Waals surface area contributed by atoms with Gasteiger partial charge in [0.05, 0.1) is 11.5 Å². The Hall–Kier alpha value is -3.60. The SMILES string of the molecule is O=C([O-])c1ccccc1C1=c2cc3c4c(c2Oc2c1cc1c5c2CCCN5CCC1)CCC[N+]=4CCC3. The second kappa shape index (κ2) is 7.95. The Balaban J connectivity index is 1.54. The number of rotatable bonds is 2. The number of carbonyl (C=O) groups is 1. The first-order chi connectivity index (χ1) is 18.2. The summed E-state index contributed by atoms with van der Waals surface area (Å²) >= 11 is 0. The highest BCUT2D eigenvalue weighted by Crippen LogP contribution is 2.48. The third-order valence-corrected chi connectivity index (χ3v) is 9.10. The topological polar surface area (TPSA) is 55.6 Å². The van der Waals surface area contributed by atoms with Crippen molar-refractivity contribution in [3.63, 3.8) is 0 Å². The Labute approximate surface area is 216 Å². The minimum absolute atomic E-state index is 0.247. The maximum absolute atomic E-state index is 12.3. The number of hydrogen-bond donors (Lipinski definition) is 0. The van der Waals surface area contributed by atoms with Crippen LogP contribution < -0.4 is 29.9 Å². The molecule has 0 fully saturated rings. The van der Waals surface area contributed by atoms with Crippen LogP contribution in [0.3, 0.4) is 0 Å². The van der Waals surface area contributed by atoms with Gasteiger partial charge in [-0.15, -0.1) is 0 Å². The molecule has 8 rings (SSSR count). The number of ether oxygens (including phenoxy) is 1. The summed E-state index contributed by atoms with van der Waals surface area (Å²) in [5.41, 5.74) is 9.78. The van der Waals surface area contributed by atoms with Crippen molar-refractivity contribution in [2.24, 2.45) is 0 Å². The molecule has 5 heteroatoms. The number of aryl methyl sites for hydroxylation is 2. The Morgan fingerprint density at radius 2 is 1.59 bits per heavy atom. The lowest BCUT2D eigenvalue weighted by Gasteiger charge is -2.39. The van der Waals surface area contributed by atoms with Crippen LogP contribution >= 0.6 is 0 Å². The highest BCUT2D eigenvalue weighted by atomic mass is 16.5. The van der Waals surface area contributed by atoms with Crippen molar-refractivity contribution in [3.8, 4) is 11.5 Å². The Morgan fingerprint density at radius 1 is 0.838 bits per heavy atom. The zero-order valence-electron chi connectivity index (χ0n) is 21.1. The third-order valence-electron chi connectivity index (χ3n) is 9.10. The molecule has 0 saturated carbocycles. The summed E-state index contributed by atoms with van der Waals surface area (Å²) in [5.74, 6) is 0.768. The van der Waals surface area contributed by atoms with Crippen molar-refractivity contribution >= 4 is 17.2 Å². The molecule has 5 aliphatic rings. The number of benzene rings is 3. The Morgan fingerprint density at radius 3 is 2.46 bits per heavy atom. The molecule has 0 aromatic heterocycles. The van der Waals surface area contributed by atoms with Gasteiger partial charge in [0.1, 0.15) is 24.6 Å². The van der Waals surface area contributed by atoms with E-state index in [1.807, 2.05) is 12.1 Å². The van der Waals surface area contributed by atoms with E-state index < -0.39 is 5.97 Å². The molecule has 3 aromatic rings. The van der Waals surface area contributed by atoms with Crippen molar-refractivity contribution < 1.29 is 14.6 Å². The molecule has 0 aliphatic carbocycles. The van der Waals surface area contributed by atoms with Crippen molar-refractivity contribution in [2.45, 2.75) is 51.4 Å². The smallest absolute Gasteiger partial charge is 0.210 e. The molecule has 37 heavy (non-hydrogen) atoms. The molecule has 5 heterocycles. The largest absolute Gasteiger partial charge is 0.545 e. The van der Waals surface area contributed by atoms with Crippen LogP contribution in [0.4, 0.5) is 5.69 Å². The van der Waals surface area contributed by atoms with Crippen LogP contribution in [0.15, 0.2) is 36.4 Å². The van der Waals surface area contributed by atoms with Gasteiger partial charge in [0.15, 0.2) is 0 Å². The molecule has 0 spiro atoms. The normalized spacial score (nSPS) is 18.9. The fourth-order valence-corrected chi connectivity index (χ4v) is 7.68.